The third-order valence-electron chi connectivity index (χ3n) is 5.05. The number of nitrogens with zero attached hydrogens (tertiary/aromatic N) is 1. The Kier molecular flexibility index (Phi) is 4.44. The zero-order chi connectivity index (χ0) is 19.0. The molecule has 0 radical (unpaired) electrons. The number of fused-ring (bicyclic) bond motifs is 2. The number of hydrogen-bond donors (Lipinski definition) is 2. The molecule has 1 aliphatic rings. The molecule has 5 heteroatoms. The quantitative estimate of drug-likeness (QED) is 0.716. The van der Waals surface area contributed by atoms with Crippen LogP contribution >= 0.6 is 0 Å². The van der Waals surface area contributed by atoms with E-state index in [0.717, 1.165) is 22.2 Å². The molecule has 3 aromatic rings. The molecule has 1 aliphatic heterocycles. The van der Waals surface area contributed by atoms with E-state index in [2.05, 4.69) is 24.1 Å². The van der Waals surface area contributed by atoms with Gasteiger partial charge in [-0.2, -0.15) is 0 Å². The summed E-state index contributed by atoms with van der Waals surface area (Å²) in [6, 6.07) is 14.9. The molecular formula is C22H23N3O2. The van der Waals surface area contributed by atoms with Crippen LogP contribution in [0.3, 0.4) is 0 Å². The molecule has 138 valence electrons. The van der Waals surface area contributed by atoms with Crippen LogP contribution in [0.15, 0.2) is 54.7 Å². The van der Waals surface area contributed by atoms with Gasteiger partial charge < -0.3 is 15.2 Å². The minimum atomic E-state index is -0.496. The van der Waals surface area contributed by atoms with Crippen molar-refractivity contribution in [1.29, 1.82) is 0 Å². The van der Waals surface area contributed by atoms with E-state index in [4.69, 9.17) is 0 Å². The van der Waals surface area contributed by atoms with Gasteiger partial charge >= 0.3 is 0 Å². The van der Waals surface area contributed by atoms with Crippen molar-refractivity contribution in [2.75, 3.05) is 5.32 Å². The summed E-state index contributed by atoms with van der Waals surface area (Å²) in [6.07, 6.45) is 2.49. The van der Waals surface area contributed by atoms with Gasteiger partial charge in [-0.3, -0.25) is 9.59 Å². The lowest BCUT2D eigenvalue weighted by molar-refractivity contribution is -0.121. The Morgan fingerprint density at radius 2 is 2.00 bits per heavy atom. The molecule has 5 nitrogen and oxygen atoms in total. The lowest BCUT2D eigenvalue weighted by atomic mass is 10.0. The first-order chi connectivity index (χ1) is 13.0. The van der Waals surface area contributed by atoms with Crippen LogP contribution in [-0.4, -0.2) is 27.7 Å². The molecule has 2 heterocycles. The number of aromatic nitrogens is 1. The molecule has 4 rings (SSSR count). The van der Waals surface area contributed by atoms with Crippen molar-refractivity contribution >= 4 is 28.4 Å². The lowest BCUT2D eigenvalue weighted by Crippen LogP contribution is -2.45. The third kappa shape index (κ3) is 3.33. The van der Waals surface area contributed by atoms with Crippen molar-refractivity contribution in [2.24, 2.45) is 5.92 Å². The summed E-state index contributed by atoms with van der Waals surface area (Å²) in [6.45, 7) is 4.62. The Bertz CT molecular complexity index is 1010. The highest BCUT2D eigenvalue weighted by atomic mass is 16.2. The van der Waals surface area contributed by atoms with Gasteiger partial charge in [-0.15, -0.1) is 0 Å². The number of carbonyl (C=O) groups is 2. The predicted molar refractivity (Wildman–Crippen MR) is 106 cm³/mol. The van der Waals surface area contributed by atoms with Crippen LogP contribution in [0.2, 0.25) is 0 Å². The summed E-state index contributed by atoms with van der Waals surface area (Å²) in [5.41, 5.74) is 3.38. The zero-order valence-corrected chi connectivity index (χ0v) is 15.5. The zero-order valence-electron chi connectivity index (χ0n) is 15.5. The highest BCUT2D eigenvalue weighted by Gasteiger charge is 2.36. The fraction of sp³-hybridized carbons (Fsp3) is 0.273. The minimum absolute atomic E-state index is 0.0637. The Hall–Kier alpha value is -3.08. The monoisotopic (exact) mass is 361 g/mol. The van der Waals surface area contributed by atoms with Gasteiger partial charge in [0, 0.05) is 29.5 Å². The summed E-state index contributed by atoms with van der Waals surface area (Å²) >= 11 is 0. The van der Waals surface area contributed by atoms with Gasteiger partial charge in [-0.1, -0.05) is 38.1 Å². The van der Waals surface area contributed by atoms with Gasteiger partial charge in [-0.25, -0.2) is 0 Å². The van der Waals surface area contributed by atoms with Crippen LogP contribution in [0.25, 0.3) is 10.9 Å². The lowest BCUT2D eigenvalue weighted by Gasteiger charge is -2.28. The van der Waals surface area contributed by atoms with E-state index < -0.39 is 6.04 Å². The molecule has 27 heavy (non-hydrogen) atoms. The third-order valence-corrected chi connectivity index (χ3v) is 5.05. The minimum Gasteiger partial charge on any atom is -0.361 e. The van der Waals surface area contributed by atoms with E-state index in [9.17, 15) is 9.59 Å². The molecule has 0 saturated heterocycles. The van der Waals surface area contributed by atoms with E-state index in [1.807, 2.05) is 54.7 Å². The van der Waals surface area contributed by atoms with Crippen molar-refractivity contribution in [2.45, 2.75) is 32.9 Å². The number of H-pyrrole nitrogens is 1. The van der Waals surface area contributed by atoms with Crippen LogP contribution < -0.4 is 5.32 Å². The summed E-state index contributed by atoms with van der Waals surface area (Å²) in [5, 5.41) is 4.10. The second kappa shape index (κ2) is 6.91. The normalized spacial score (nSPS) is 14.6. The number of rotatable bonds is 5. The molecule has 0 fully saturated rings. The van der Waals surface area contributed by atoms with Crippen molar-refractivity contribution < 1.29 is 9.59 Å². The maximum atomic E-state index is 13.1. The molecule has 1 atom stereocenters. The molecule has 0 spiro atoms. The van der Waals surface area contributed by atoms with Crippen LogP contribution in [0.1, 0.15) is 36.2 Å². The summed E-state index contributed by atoms with van der Waals surface area (Å²) in [4.78, 5) is 30.8. The number of anilines is 1. The fourth-order valence-corrected chi connectivity index (χ4v) is 3.70. The number of hydrogen-bond acceptors (Lipinski definition) is 2. The van der Waals surface area contributed by atoms with Gasteiger partial charge in [0.15, 0.2) is 0 Å². The SMILES string of the molecule is CC(C)C[C@@H](C(=O)Nc1ccc2cc[nH]c2c1)N1Cc2ccccc2C1=O. The van der Waals surface area contributed by atoms with E-state index >= 15 is 0 Å². The van der Waals surface area contributed by atoms with E-state index in [0.29, 0.717) is 24.4 Å². The first-order valence-corrected chi connectivity index (χ1v) is 9.30. The predicted octanol–water partition coefficient (Wildman–Crippen LogP) is 4.18. The van der Waals surface area contributed by atoms with Crippen LogP contribution in [-0.2, 0) is 11.3 Å². The number of nitrogens with one attached hydrogen (secondary N) is 2. The first-order valence-electron chi connectivity index (χ1n) is 9.30. The second-order valence-electron chi connectivity index (χ2n) is 7.50. The smallest absolute Gasteiger partial charge is 0.255 e. The Morgan fingerprint density at radius 3 is 2.78 bits per heavy atom. The van der Waals surface area contributed by atoms with Gasteiger partial charge in [0.25, 0.3) is 5.91 Å². The molecular weight excluding hydrogens is 338 g/mol. The van der Waals surface area contributed by atoms with Gasteiger partial charge in [0.2, 0.25) is 5.91 Å². The van der Waals surface area contributed by atoms with E-state index in [-0.39, 0.29) is 11.8 Å². The molecule has 0 aliphatic carbocycles. The fourth-order valence-electron chi connectivity index (χ4n) is 3.70. The summed E-state index contributed by atoms with van der Waals surface area (Å²) in [5.74, 6) is 0.0881. The standard InChI is InChI=1S/C22H23N3O2/c1-14(2)11-20(25-13-16-5-3-4-6-18(16)22(25)27)21(26)24-17-8-7-15-9-10-23-19(15)12-17/h3-10,12,14,20,23H,11,13H2,1-2H3,(H,24,26)/t20-/m0/s1. The van der Waals surface area contributed by atoms with Crippen LogP contribution in [0.5, 0.6) is 0 Å². The Balaban J connectivity index is 1.58. The maximum Gasteiger partial charge on any atom is 0.255 e. The molecule has 0 bridgehead atoms. The average Bonchev–Trinajstić information content (AvgIpc) is 3.24. The first kappa shape index (κ1) is 17.3. The number of aromatic amines is 1. The molecule has 2 N–H and O–H groups in total. The van der Waals surface area contributed by atoms with E-state index in [1.165, 1.54) is 0 Å². The molecule has 0 unspecified atom stereocenters. The summed E-state index contributed by atoms with van der Waals surface area (Å²) < 4.78 is 0. The topological polar surface area (TPSA) is 65.2 Å². The number of carbonyl (C=O) groups excluding carboxylic acids is 2. The highest BCUT2D eigenvalue weighted by molar-refractivity contribution is 6.04. The van der Waals surface area contributed by atoms with Crippen LogP contribution in [0.4, 0.5) is 5.69 Å². The highest BCUT2D eigenvalue weighted by Crippen LogP contribution is 2.27. The van der Waals surface area contributed by atoms with Gasteiger partial charge in [0.1, 0.15) is 6.04 Å². The number of benzene rings is 2. The Morgan fingerprint density at radius 1 is 1.19 bits per heavy atom. The van der Waals surface area contributed by atoms with Crippen molar-refractivity contribution in [3.63, 3.8) is 0 Å². The molecule has 2 aromatic carbocycles. The Labute approximate surface area is 158 Å². The van der Waals surface area contributed by atoms with Gasteiger partial charge in [0.05, 0.1) is 0 Å². The van der Waals surface area contributed by atoms with E-state index in [1.54, 1.807) is 4.90 Å². The number of amides is 2. The van der Waals surface area contributed by atoms with Crippen molar-refractivity contribution in [1.82, 2.24) is 9.88 Å². The maximum absolute atomic E-state index is 13.1. The molecule has 2 amide bonds. The largest absolute Gasteiger partial charge is 0.361 e. The van der Waals surface area contributed by atoms with Gasteiger partial charge in [-0.05, 0) is 47.6 Å². The average molecular weight is 361 g/mol. The van der Waals surface area contributed by atoms with Crippen molar-refractivity contribution in [3.8, 4) is 0 Å². The second-order valence-corrected chi connectivity index (χ2v) is 7.50. The summed E-state index contributed by atoms with van der Waals surface area (Å²) in [7, 11) is 0. The van der Waals surface area contributed by atoms with Crippen LogP contribution in [0, 0.1) is 5.92 Å². The molecule has 1 aromatic heterocycles. The molecule has 0 saturated carbocycles. The van der Waals surface area contributed by atoms with Crippen molar-refractivity contribution in [3.05, 3.63) is 65.9 Å².